The molecule has 0 radical (unpaired) electrons. The largest absolute Gasteiger partial charge is 0.389 e. The highest BCUT2D eigenvalue weighted by molar-refractivity contribution is 7.91. The maximum atomic E-state index is 11.3. The lowest BCUT2D eigenvalue weighted by Gasteiger charge is -2.22. The third kappa shape index (κ3) is 6.34. The molecule has 86 valence electrons. The van der Waals surface area contributed by atoms with E-state index in [0.29, 0.717) is 13.0 Å². The summed E-state index contributed by atoms with van der Waals surface area (Å²) in [5, 5.41) is 12.6. The number of hydrogen-bond donors (Lipinski definition) is 2. The molecule has 0 saturated heterocycles. The van der Waals surface area contributed by atoms with Gasteiger partial charge in [0.15, 0.2) is 0 Å². The zero-order chi connectivity index (χ0) is 11.2. The molecule has 2 N–H and O–H groups in total. The first kappa shape index (κ1) is 13.9. The fraction of sp³-hybridized carbons (Fsp3) is 1.00. The Labute approximate surface area is 86.6 Å². The first-order chi connectivity index (χ1) is 6.33. The van der Waals surface area contributed by atoms with Gasteiger partial charge in [-0.3, -0.25) is 0 Å². The molecule has 4 nitrogen and oxygen atoms in total. The van der Waals surface area contributed by atoms with E-state index < -0.39 is 15.4 Å². The van der Waals surface area contributed by atoms with E-state index in [1.54, 1.807) is 14.0 Å². The Hall–Kier alpha value is -0.130. The van der Waals surface area contributed by atoms with Crippen LogP contribution in [0.5, 0.6) is 0 Å². The van der Waals surface area contributed by atoms with Gasteiger partial charge in [-0.25, -0.2) is 8.42 Å². The maximum absolute atomic E-state index is 11.3. The van der Waals surface area contributed by atoms with E-state index in [2.05, 4.69) is 5.32 Å². The van der Waals surface area contributed by atoms with Gasteiger partial charge in [-0.2, -0.15) is 0 Å². The van der Waals surface area contributed by atoms with Gasteiger partial charge in [-0.05, 0) is 26.8 Å². The van der Waals surface area contributed by atoms with Crippen molar-refractivity contribution in [1.82, 2.24) is 5.32 Å². The first-order valence-electron chi connectivity index (χ1n) is 4.90. The van der Waals surface area contributed by atoms with Crippen molar-refractivity contribution in [3.8, 4) is 0 Å². The van der Waals surface area contributed by atoms with E-state index in [1.165, 1.54) is 0 Å². The highest BCUT2D eigenvalue weighted by Crippen LogP contribution is 2.10. The summed E-state index contributed by atoms with van der Waals surface area (Å²) in [4.78, 5) is 0. The Morgan fingerprint density at radius 1 is 1.36 bits per heavy atom. The molecule has 0 aromatic rings. The van der Waals surface area contributed by atoms with Crippen LogP contribution in [-0.4, -0.2) is 44.2 Å². The molecule has 0 saturated carbocycles. The maximum Gasteiger partial charge on any atom is 0.150 e. The van der Waals surface area contributed by atoms with Gasteiger partial charge in [0.25, 0.3) is 0 Å². The van der Waals surface area contributed by atoms with Gasteiger partial charge in [0, 0.05) is 12.3 Å². The van der Waals surface area contributed by atoms with E-state index in [0.717, 1.165) is 0 Å². The summed E-state index contributed by atoms with van der Waals surface area (Å²) in [6.45, 7) is 3.89. The van der Waals surface area contributed by atoms with Crippen LogP contribution >= 0.6 is 0 Å². The summed E-state index contributed by atoms with van der Waals surface area (Å²) in [5.74, 6) is 0.276. The van der Waals surface area contributed by atoms with Crippen molar-refractivity contribution in [1.29, 1.82) is 0 Å². The van der Waals surface area contributed by atoms with Crippen molar-refractivity contribution in [3.05, 3.63) is 0 Å². The Morgan fingerprint density at radius 3 is 2.36 bits per heavy atom. The minimum absolute atomic E-state index is 0.0650. The normalized spacial score (nSPS) is 16.6. The monoisotopic (exact) mass is 223 g/mol. The minimum Gasteiger partial charge on any atom is -0.389 e. The first-order valence-corrected chi connectivity index (χ1v) is 6.72. The molecular weight excluding hydrogens is 202 g/mol. The highest BCUT2D eigenvalue weighted by atomic mass is 32.2. The van der Waals surface area contributed by atoms with E-state index in [4.69, 9.17) is 0 Å². The molecule has 0 aromatic heterocycles. The van der Waals surface area contributed by atoms with E-state index >= 15 is 0 Å². The van der Waals surface area contributed by atoms with Crippen molar-refractivity contribution in [2.24, 2.45) is 0 Å². The van der Waals surface area contributed by atoms with Crippen molar-refractivity contribution in [3.63, 3.8) is 0 Å². The summed E-state index contributed by atoms with van der Waals surface area (Å²) in [6, 6.07) is 0. The summed E-state index contributed by atoms with van der Waals surface area (Å²) >= 11 is 0. The topological polar surface area (TPSA) is 66.4 Å². The summed E-state index contributed by atoms with van der Waals surface area (Å²) in [7, 11) is -1.24. The molecule has 0 rings (SSSR count). The predicted molar refractivity (Wildman–Crippen MR) is 58.1 cm³/mol. The standard InChI is InChI=1S/C9H21NO3S/c1-4-6-14(12,13)7-5-9(2,11)8-10-3/h10-11H,4-8H2,1-3H3. The lowest BCUT2D eigenvalue weighted by atomic mass is 10.0. The van der Waals surface area contributed by atoms with Gasteiger partial charge < -0.3 is 10.4 Å². The molecule has 0 amide bonds. The van der Waals surface area contributed by atoms with Gasteiger partial charge in [0.1, 0.15) is 9.84 Å². The molecule has 1 atom stereocenters. The van der Waals surface area contributed by atoms with Crippen LogP contribution in [-0.2, 0) is 9.84 Å². The Kier molecular flexibility index (Phi) is 5.63. The molecule has 0 aliphatic carbocycles. The van der Waals surface area contributed by atoms with E-state index in [-0.39, 0.29) is 17.9 Å². The Balaban J connectivity index is 4.04. The summed E-state index contributed by atoms with van der Waals surface area (Å²) in [6.07, 6.45) is 0.923. The van der Waals surface area contributed by atoms with Crippen LogP contribution < -0.4 is 5.32 Å². The smallest absolute Gasteiger partial charge is 0.150 e. The average Bonchev–Trinajstić information content (AvgIpc) is 2.01. The molecule has 0 spiro atoms. The SMILES string of the molecule is CCCS(=O)(=O)CCC(C)(O)CNC. The third-order valence-corrected chi connectivity index (χ3v) is 3.88. The quantitative estimate of drug-likeness (QED) is 0.646. The molecule has 0 aromatic carbocycles. The van der Waals surface area contributed by atoms with Crippen molar-refractivity contribution in [2.75, 3.05) is 25.1 Å². The number of hydrogen-bond acceptors (Lipinski definition) is 4. The molecule has 0 bridgehead atoms. The number of sulfone groups is 1. The van der Waals surface area contributed by atoms with Gasteiger partial charge in [0.2, 0.25) is 0 Å². The zero-order valence-electron chi connectivity index (χ0n) is 9.21. The second-order valence-corrected chi connectivity index (χ2v) is 6.23. The van der Waals surface area contributed by atoms with Gasteiger partial charge >= 0.3 is 0 Å². The second-order valence-electron chi connectivity index (χ2n) is 3.93. The molecule has 0 aliphatic heterocycles. The van der Waals surface area contributed by atoms with Crippen molar-refractivity contribution in [2.45, 2.75) is 32.3 Å². The molecule has 0 fully saturated rings. The molecule has 14 heavy (non-hydrogen) atoms. The van der Waals surface area contributed by atoms with Crippen LogP contribution in [0.25, 0.3) is 0 Å². The fourth-order valence-corrected chi connectivity index (χ4v) is 2.83. The highest BCUT2D eigenvalue weighted by Gasteiger charge is 2.22. The Bertz CT molecular complexity index is 247. The Morgan fingerprint density at radius 2 is 1.93 bits per heavy atom. The van der Waals surface area contributed by atoms with Crippen LogP contribution in [0.3, 0.4) is 0 Å². The van der Waals surface area contributed by atoms with E-state index in [9.17, 15) is 13.5 Å². The molecular formula is C9H21NO3S. The summed E-state index contributed by atoms with van der Waals surface area (Å²) < 4.78 is 22.7. The van der Waals surface area contributed by atoms with Gasteiger partial charge in [-0.15, -0.1) is 0 Å². The second kappa shape index (κ2) is 5.68. The lowest BCUT2D eigenvalue weighted by molar-refractivity contribution is 0.0587. The van der Waals surface area contributed by atoms with Crippen LogP contribution in [0, 0.1) is 0 Å². The average molecular weight is 223 g/mol. The van der Waals surface area contributed by atoms with E-state index in [1.807, 2.05) is 6.92 Å². The zero-order valence-corrected chi connectivity index (χ0v) is 10.0. The molecule has 1 unspecified atom stereocenters. The van der Waals surface area contributed by atoms with Crippen molar-refractivity contribution < 1.29 is 13.5 Å². The van der Waals surface area contributed by atoms with Gasteiger partial charge in [-0.1, -0.05) is 6.92 Å². The lowest BCUT2D eigenvalue weighted by Crippen LogP contribution is -2.38. The number of likely N-dealkylation sites (N-methyl/N-ethyl adjacent to an activating group) is 1. The van der Waals surface area contributed by atoms with Crippen LogP contribution in [0.4, 0.5) is 0 Å². The van der Waals surface area contributed by atoms with Crippen LogP contribution in [0.15, 0.2) is 0 Å². The predicted octanol–water partition coefficient (Wildman–Crippen LogP) is 0.172. The van der Waals surface area contributed by atoms with Crippen molar-refractivity contribution >= 4 is 9.84 Å². The molecule has 5 heteroatoms. The number of rotatable bonds is 7. The van der Waals surface area contributed by atoms with Crippen LogP contribution in [0.2, 0.25) is 0 Å². The fourth-order valence-electron chi connectivity index (χ4n) is 1.26. The molecule has 0 heterocycles. The molecule has 0 aliphatic rings. The third-order valence-electron chi connectivity index (χ3n) is 2.02. The summed E-state index contributed by atoms with van der Waals surface area (Å²) in [5.41, 5.74) is -0.935. The number of nitrogens with one attached hydrogen (secondary N) is 1. The van der Waals surface area contributed by atoms with Gasteiger partial charge in [0.05, 0.1) is 11.4 Å². The van der Waals surface area contributed by atoms with Crippen LogP contribution in [0.1, 0.15) is 26.7 Å². The minimum atomic E-state index is -2.97. The number of aliphatic hydroxyl groups is 1.